The molecule has 2 aliphatic rings. The lowest BCUT2D eigenvalue weighted by atomic mass is 10.4. The topological polar surface area (TPSA) is 38.8 Å². The summed E-state index contributed by atoms with van der Waals surface area (Å²) in [6.07, 6.45) is 0.256. The molecule has 0 spiro atoms. The van der Waals surface area contributed by atoms with E-state index in [9.17, 15) is 4.79 Å². The van der Waals surface area contributed by atoms with Gasteiger partial charge in [0.2, 0.25) is 6.29 Å². The number of rotatable bonds is 1. The van der Waals surface area contributed by atoms with Crippen molar-refractivity contribution in [1.29, 1.82) is 0 Å². The SMILES string of the molecule is O=C(C1OCCCO1)N1CCSCC1. The number of ether oxygens (including phenoxy) is 2. The number of carbonyl (C=O) groups is 1. The minimum Gasteiger partial charge on any atom is -0.344 e. The van der Waals surface area contributed by atoms with Crippen LogP contribution in [0.5, 0.6) is 0 Å². The molecule has 0 saturated carbocycles. The largest absolute Gasteiger partial charge is 0.344 e. The Kier molecular flexibility index (Phi) is 3.67. The molecule has 0 unspecified atom stereocenters. The molecule has 80 valence electrons. The van der Waals surface area contributed by atoms with Gasteiger partial charge in [-0.3, -0.25) is 4.79 Å². The van der Waals surface area contributed by atoms with Crippen LogP contribution in [0.3, 0.4) is 0 Å². The summed E-state index contributed by atoms with van der Waals surface area (Å²) >= 11 is 1.89. The molecule has 2 rings (SSSR count). The Bertz CT molecular complexity index is 180. The summed E-state index contributed by atoms with van der Waals surface area (Å²) in [6.45, 7) is 2.93. The predicted molar refractivity (Wildman–Crippen MR) is 54.2 cm³/mol. The first-order valence-corrected chi connectivity index (χ1v) is 6.13. The zero-order valence-electron chi connectivity index (χ0n) is 8.11. The normalized spacial score (nSPS) is 25.0. The van der Waals surface area contributed by atoms with Crippen molar-refractivity contribution >= 4 is 17.7 Å². The smallest absolute Gasteiger partial charge is 0.279 e. The lowest BCUT2D eigenvalue weighted by Gasteiger charge is -2.31. The Morgan fingerprint density at radius 1 is 1.21 bits per heavy atom. The highest BCUT2D eigenvalue weighted by Crippen LogP contribution is 2.13. The van der Waals surface area contributed by atoms with Crippen molar-refractivity contribution in [3.63, 3.8) is 0 Å². The van der Waals surface area contributed by atoms with Crippen LogP contribution in [0.4, 0.5) is 0 Å². The van der Waals surface area contributed by atoms with Crippen LogP contribution >= 0.6 is 11.8 Å². The van der Waals surface area contributed by atoms with Crippen LogP contribution in [0, 0.1) is 0 Å². The summed E-state index contributed by atoms with van der Waals surface area (Å²) in [5.74, 6) is 2.06. The highest BCUT2D eigenvalue weighted by molar-refractivity contribution is 7.99. The molecule has 1 amide bonds. The molecule has 0 aromatic heterocycles. The molecule has 2 fully saturated rings. The van der Waals surface area contributed by atoms with E-state index >= 15 is 0 Å². The number of thioether (sulfide) groups is 1. The Balaban J connectivity index is 1.85. The molecule has 0 bridgehead atoms. The Hall–Kier alpha value is -0.260. The van der Waals surface area contributed by atoms with Gasteiger partial charge < -0.3 is 14.4 Å². The van der Waals surface area contributed by atoms with Crippen LogP contribution in [0.15, 0.2) is 0 Å². The number of hydrogen-bond acceptors (Lipinski definition) is 4. The lowest BCUT2D eigenvalue weighted by Crippen LogP contribution is -2.47. The van der Waals surface area contributed by atoms with Crippen LogP contribution in [-0.2, 0) is 14.3 Å². The molecular formula is C9H15NO3S. The number of nitrogens with zero attached hydrogens (tertiary/aromatic N) is 1. The maximum Gasteiger partial charge on any atom is 0.279 e. The number of carbonyl (C=O) groups excluding carboxylic acids is 1. The van der Waals surface area contributed by atoms with Crippen molar-refractivity contribution in [2.45, 2.75) is 12.7 Å². The zero-order chi connectivity index (χ0) is 9.80. The van der Waals surface area contributed by atoms with Gasteiger partial charge in [0.1, 0.15) is 0 Å². The molecule has 4 nitrogen and oxygen atoms in total. The van der Waals surface area contributed by atoms with Crippen molar-refractivity contribution in [3.8, 4) is 0 Å². The van der Waals surface area contributed by atoms with Gasteiger partial charge in [0.05, 0.1) is 13.2 Å². The second-order valence-corrected chi connectivity index (χ2v) is 4.59. The van der Waals surface area contributed by atoms with Gasteiger partial charge in [-0.25, -0.2) is 0 Å². The van der Waals surface area contributed by atoms with Crippen molar-refractivity contribution in [2.24, 2.45) is 0 Å². The lowest BCUT2D eigenvalue weighted by molar-refractivity contribution is -0.199. The molecule has 5 heteroatoms. The minimum absolute atomic E-state index is 0.00463. The van der Waals surface area contributed by atoms with E-state index in [-0.39, 0.29) is 5.91 Å². The first kappa shape index (κ1) is 10.3. The summed E-state index contributed by atoms with van der Waals surface area (Å²) in [7, 11) is 0. The molecule has 2 heterocycles. The maximum atomic E-state index is 11.8. The van der Waals surface area contributed by atoms with Crippen molar-refractivity contribution in [2.75, 3.05) is 37.8 Å². The van der Waals surface area contributed by atoms with Crippen molar-refractivity contribution in [3.05, 3.63) is 0 Å². The van der Waals surface area contributed by atoms with Gasteiger partial charge in [0.25, 0.3) is 5.91 Å². The van der Waals surface area contributed by atoms with E-state index in [2.05, 4.69) is 0 Å². The standard InChI is InChI=1S/C9H15NO3S/c11-8(9-12-4-1-5-13-9)10-2-6-14-7-3-10/h9H,1-7H2. The zero-order valence-corrected chi connectivity index (χ0v) is 8.92. The summed E-state index contributed by atoms with van der Waals surface area (Å²) < 4.78 is 10.5. The average molecular weight is 217 g/mol. The molecule has 0 aromatic carbocycles. The first-order valence-electron chi connectivity index (χ1n) is 4.97. The Morgan fingerprint density at radius 2 is 1.86 bits per heavy atom. The molecule has 0 radical (unpaired) electrons. The van der Waals surface area contributed by atoms with Crippen molar-refractivity contribution < 1.29 is 14.3 Å². The molecular weight excluding hydrogens is 202 g/mol. The summed E-state index contributed by atoms with van der Waals surface area (Å²) in [4.78, 5) is 13.7. The monoisotopic (exact) mass is 217 g/mol. The quantitative estimate of drug-likeness (QED) is 0.634. The molecule has 14 heavy (non-hydrogen) atoms. The fourth-order valence-corrected chi connectivity index (χ4v) is 2.47. The second kappa shape index (κ2) is 5.00. The van der Waals surface area contributed by atoms with E-state index in [0.717, 1.165) is 31.0 Å². The van der Waals surface area contributed by atoms with Crippen LogP contribution in [-0.4, -0.2) is 54.9 Å². The molecule has 2 saturated heterocycles. The van der Waals surface area contributed by atoms with Crippen LogP contribution in [0.1, 0.15) is 6.42 Å². The Labute approximate surface area is 87.9 Å². The van der Waals surface area contributed by atoms with Crippen molar-refractivity contribution in [1.82, 2.24) is 4.90 Å². The molecule has 2 aliphatic heterocycles. The fourth-order valence-electron chi connectivity index (χ4n) is 1.56. The molecule has 0 aromatic rings. The van der Waals surface area contributed by atoms with E-state index in [1.54, 1.807) is 0 Å². The van der Waals surface area contributed by atoms with Gasteiger partial charge in [-0.05, 0) is 6.42 Å². The molecule has 0 atom stereocenters. The third-order valence-corrected chi connectivity index (χ3v) is 3.29. The average Bonchev–Trinajstić information content (AvgIpc) is 2.30. The third-order valence-electron chi connectivity index (χ3n) is 2.35. The third kappa shape index (κ3) is 2.40. The van der Waals surface area contributed by atoms with Gasteiger partial charge in [-0.15, -0.1) is 0 Å². The van der Waals surface area contributed by atoms with Gasteiger partial charge in [-0.2, -0.15) is 11.8 Å². The summed E-state index contributed by atoms with van der Waals surface area (Å²) in [5, 5.41) is 0. The second-order valence-electron chi connectivity index (χ2n) is 3.36. The molecule has 0 N–H and O–H groups in total. The van der Waals surface area contributed by atoms with Gasteiger partial charge in [0.15, 0.2) is 0 Å². The van der Waals surface area contributed by atoms with Crippen LogP contribution in [0.2, 0.25) is 0 Å². The van der Waals surface area contributed by atoms with E-state index in [1.807, 2.05) is 16.7 Å². The number of amides is 1. The predicted octanol–water partition coefficient (Wildman–Crippen LogP) is 0.325. The van der Waals surface area contributed by atoms with E-state index in [0.29, 0.717) is 13.2 Å². The Morgan fingerprint density at radius 3 is 2.50 bits per heavy atom. The van der Waals surface area contributed by atoms with E-state index in [4.69, 9.17) is 9.47 Å². The van der Waals surface area contributed by atoms with Gasteiger partial charge in [0, 0.05) is 24.6 Å². The summed E-state index contributed by atoms with van der Waals surface area (Å²) in [6, 6.07) is 0. The van der Waals surface area contributed by atoms with Crippen LogP contribution < -0.4 is 0 Å². The first-order chi connectivity index (χ1) is 6.88. The highest BCUT2D eigenvalue weighted by Gasteiger charge is 2.28. The van der Waals surface area contributed by atoms with Gasteiger partial charge >= 0.3 is 0 Å². The minimum atomic E-state index is -0.633. The maximum absolute atomic E-state index is 11.8. The van der Waals surface area contributed by atoms with Crippen LogP contribution in [0.25, 0.3) is 0 Å². The van der Waals surface area contributed by atoms with E-state index < -0.39 is 6.29 Å². The van der Waals surface area contributed by atoms with Gasteiger partial charge in [-0.1, -0.05) is 0 Å². The highest BCUT2D eigenvalue weighted by atomic mass is 32.2. The summed E-state index contributed by atoms with van der Waals surface area (Å²) in [5.41, 5.74) is 0. The molecule has 0 aliphatic carbocycles. The fraction of sp³-hybridized carbons (Fsp3) is 0.889. The number of hydrogen-bond donors (Lipinski definition) is 0. The van der Waals surface area contributed by atoms with E-state index in [1.165, 1.54) is 0 Å².